The molecule has 8 heteroatoms. The first-order valence-electron chi connectivity index (χ1n) is 9.89. The number of anilines is 1. The molecule has 0 aliphatic rings. The molecule has 0 radical (unpaired) electrons. The van der Waals surface area contributed by atoms with E-state index >= 15 is 0 Å². The lowest BCUT2D eigenvalue weighted by atomic mass is 10.1. The number of carbonyl (C=O) groups is 1. The first-order chi connectivity index (χ1) is 14.3. The van der Waals surface area contributed by atoms with Gasteiger partial charge in [-0.05, 0) is 62.6 Å². The Morgan fingerprint density at radius 1 is 1.13 bits per heavy atom. The van der Waals surface area contributed by atoms with E-state index in [2.05, 4.69) is 5.32 Å². The standard InChI is InChI=1S/C22H30N2O5S/c1-5-29-21-11-7-6-9-18(21)10-8-16-23-22(25)17(2)24(30(4,26)27)19-12-14-20(28-3)15-13-19/h6-7,9,11-15,17H,5,8,10,16H2,1-4H3,(H,23,25). The van der Waals surface area contributed by atoms with Gasteiger partial charge >= 0.3 is 0 Å². The van der Waals surface area contributed by atoms with E-state index in [0.717, 1.165) is 28.3 Å². The topological polar surface area (TPSA) is 84.9 Å². The van der Waals surface area contributed by atoms with Crippen LogP contribution in [-0.4, -0.2) is 46.9 Å². The predicted octanol–water partition coefficient (Wildman–Crippen LogP) is 3.00. The highest BCUT2D eigenvalue weighted by atomic mass is 32.2. The number of nitrogens with one attached hydrogen (secondary N) is 1. The molecule has 0 aliphatic carbocycles. The second-order valence-corrected chi connectivity index (χ2v) is 8.73. The summed E-state index contributed by atoms with van der Waals surface area (Å²) in [4.78, 5) is 12.6. The van der Waals surface area contributed by atoms with Gasteiger partial charge in [-0.15, -0.1) is 0 Å². The number of para-hydroxylation sites is 1. The Hall–Kier alpha value is -2.74. The number of nitrogens with zero attached hydrogens (tertiary/aromatic N) is 1. The maximum absolute atomic E-state index is 12.6. The SMILES string of the molecule is CCOc1ccccc1CCCNC(=O)C(C)N(c1ccc(OC)cc1)S(C)(=O)=O. The fourth-order valence-corrected chi connectivity index (χ4v) is 4.36. The number of hydrogen-bond donors (Lipinski definition) is 1. The molecule has 1 atom stereocenters. The zero-order valence-corrected chi connectivity index (χ0v) is 18.7. The molecule has 0 fully saturated rings. The Morgan fingerprint density at radius 3 is 2.40 bits per heavy atom. The molecule has 0 bridgehead atoms. The van der Waals surface area contributed by atoms with Gasteiger partial charge < -0.3 is 14.8 Å². The summed E-state index contributed by atoms with van der Waals surface area (Å²) in [5, 5.41) is 2.84. The molecule has 0 saturated carbocycles. The lowest BCUT2D eigenvalue weighted by molar-refractivity contribution is -0.121. The van der Waals surface area contributed by atoms with Crippen molar-refractivity contribution in [2.45, 2.75) is 32.7 Å². The molecule has 2 aromatic rings. The van der Waals surface area contributed by atoms with Crippen LogP contribution in [-0.2, 0) is 21.2 Å². The quantitative estimate of drug-likeness (QED) is 0.550. The van der Waals surface area contributed by atoms with E-state index in [0.29, 0.717) is 31.0 Å². The minimum absolute atomic E-state index is 0.352. The number of ether oxygens (including phenoxy) is 2. The molecular formula is C22H30N2O5S. The first-order valence-corrected chi connectivity index (χ1v) is 11.7. The summed E-state index contributed by atoms with van der Waals surface area (Å²) in [5.41, 5.74) is 1.49. The second kappa shape index (κ2) is 10.9. The molecule has 164 valence electrons. The van der Waals surface area contributed by atoms with Gasteiger partial charge in [0.2, 0.25) is 15.9 Å². The molecule has 2 aromatic carbocycles. The Balaban J connectivity index is 1.98. The molecule has 1 amide bonds. The van der Waals surface area contributed by atoms with Gasteiger partial charge in [-0.3, -0.25) is 9.10 Å². The number of rotatable bonds is 11. The second-order valence-electron chi connectivity index (χ2n) is 6.87. The largest absolute Gasteiger partial charge is 0.497 e. The Labute approximate surface area is 179 Å². The molecule has 0 heterocycles. The van der Waals surface area contributed by atoms with E-state index < -0.39 is 16.1 Å². The minimum Gasteiger partial charge on any atom is -0.497 e. The summed E-state index contributed by atoms with van der Waals surface area (Å²) >= 11 is 0. The van der Waals surface area contributed by atoms with Crippen LogP contribution in [0.1, 0.15) is 25.8 Å². The highest BCUT2D eigenvalue weighted by molar-refractivity contribution is 7.92. The summed E-state index contributed by atoms with van der Waals surface area (Å²) in [5.74, 6) is 1.11. The van der Waals surface area contributed by atoms with E-state index in [1.165, 1.54) is 7.11 Å². The van der Waals surface area contributed by atoms with E-state index in [9.17, 15) is 13.2 Å². The highest BCUT2D eigenvalue weighted by Gasteiger charge is 2.28. The lowest BCUT2D eigenvalue weighted by Gasteiger charge is -2.28. The van der Waals surface area contributed by atoms with Crippen molar-refractivity contribution in [1.82, 2.24) is 5.32 Å². The molecule has 0 spiro atoms. The van der Waals surface area contributed by atoms with Crippen molar-refractivity contribution in [2.24, 2.45) is 0 Å². The van der Waals surface area contributed by atoms with Crippen molar-refractivity contribution < 1.29 is 22.7 Å². The average Bonchev–Trinajstić information content (AvgIpc) is 2.72. The first kappa shape index (κ1) is 23.5. The third-order valence-electron chi connectivity index (χ3n) is 4.61. The number of benzene rings is 2. The van der Waals surface area contributed by atoms with Gasteiger partial charge in [-0.25, -0.2) is 8.42 Å². The summed E-state index contributed by atoms with van der Waals surface area (Å²) in [7, 11) is -2.12. The summed E-state index contributed by atoms with van der Waals surface area (Å²) < 4.78 is 36.5. The van der Waals surface area contributed by atoms with Gasteiger partial charge in [0, 0.05) is 6.54 Å². The van der Waals surface area contributed by atoms with Crippen molar-refractivity contribution in [3.05, 3.63) is 54.1 Å². The Morgan fingerprint density at radius 2 is 1.80 bits per heavy atom. The zero-order chi connectivity index (χ0) is 22.1. The van der Waals surface area contributed by atoms with Crippen LogP contribution in [0.25, 0.3) is 0 Å². The van der Waals surface area contributed by atoms with E-state index in [1.54, 1.807) is 31.2 Å². The van der Waals surface area contributed by atoms with Gasteiger partial charge in [0.15, 0.2) is 0 Å². The van der Waals surface area contributed by atoms with Crippen LogP contribution in [0.5, 0.6) is 11.5 Å². The monoisotopic (exact) mass is 434 g/mol. The number of carbonyl (C=O) groups excluding carboxylic acids is 1. The van der Waals surface area contributed by atoms with Crippen LogP contribution in [0.15, 0.2) is 48.5 Å². The predicted molar refractivity (Wildman–Crippen MR) is 119 cm³/mol. The number of methoxy groups -OCH3 is 1. The molecule has 0 saturated heterocycles. The molecule has 7 nitrogen and oxygen atoms in total. The normalized spacial score (nSPS) is 12.1. The Kier molecular flexibility index (Phi) is 8.53. The number of hydrogen-bond acceptors (Lipinski definition) is 5. The molecule has 2 rings (SSSR count). The van der Waals surface area contributed by atoms with Crippen LogP contribution in [0.3, 0.4) is 0 Å². The molecular weight excluding hydrogens is 404 g/mol. The summed E-state index contributed by atoms with van der Waals surface area (Å²) in [6.07, 6.45) is 2.55. The highest BCUT2D eigenvalue weighted by Crippen LogP contribution is 2.24. The third kappa shape index (κ3) is 6.38. The summed E-state index contributed by atoms with van der Waals surface area (Å²) in [6, 6.07) is 13.5. The zero-order valence-electron chi connectivity index (χ0n) is 17.9. The van der Waals surface area contributed by atoms with E-state index in [-0.39, 0.29) is 5.91 Å². The third-order valence-corrected chi connectivity index (χ3v) is 5.85. The smallest absolute Gasteiger partial charge is 0.243 e. The maximum Gasteiger partial charge on any atom is 0.243 e. The number of sulfonamides is 1. The fourth-order valence-electron chi connectivity index (χ4n) is 3.18. The fraction of sp³-hybridized carbons (Fsp3) is 0.409. The van der Waals surface area contributed by atoms with Crippen molar-refractivity contribution in [3.8, 4) is 11.5 Å². The van der Waals surface area contributed by atoms with Crippen LogP contribution in [0.4, 0.5) is 5.69 Å². The number of amides is 1. The van der Waals surface area contributed by atoms with Gasteiger partial charge in [-0.1, -0.05) is 18.2 Å². The molecule has 30 heavy (non-hydrogen) atoms. The minimum atomic E-state index is -3.65. The van der Waals surface area contributed by atoms with Crippen molar-refractivity contribution in [3.63, 3.8) is 0 Å². The van der Waals surface area contributed by atoms with Crippen LogP contribution < -0.4 is 19.1 Å². The van der Waals surface area contributed by atoms with Crippen LogP contribution in [0, 0.1) is 0 Å². The summed E-state index contributed by atoms with van der Waals surface area (Å²) in [6.45, 7) is 4.54. The van der Waals surface area contributed by atoms with Gasteiger partial charge in [-0.2, -0.15) is 0 Å². The molecule has 0 aromatic heterocycles. The number of aryl methyl sites for hydroxylation is 1. The van der Waals surface area contributed by atoms with E-state index in [1.807, 2.05) is 31.2 Å². The van der Waals surface area contributed by atoms with Crippen molar-refractivity contribution in [1.29, 1.82) is 0 Å². The molecule has 1 unspecified atom stereocenters. The molecule has 0 aliphatic heterocycles. The average molecular weight is 435 g/mol. The van der Waals surface area contributed by atoms with Gasteiger partial charge in [0.25, 0.3) is 0 Å². The van der Waals surface area contributed by atoms with Crippen molar-refractivity contribution >= 4 is 21.6 Å². The van der Waals surface area contributed by atoms with Crippen LogP contribution >= 0.6 is 0 Å². The Bertz CT molecular complexity index is 929. The maximum atomic E-state index is 12.6. The van der Waals surface area contributed by atoms with Gasteiger partial charge in [0.1, 0.15) is 17.5 Å². The van der Waals surface area contributed by atoms with Crippen molar-refractivity contribution in [2.75, 3.05) is 30.8 Å². The lowest BCUT2D eigenvalue weighted by Crippen LogP contribution is -2.48. The van der Waals surface area contributed by atoms with E-state index in [4.69, 9.17) is 9.47 Å². The molecule has 1 N–H and O–H groups in total. The van der Waals surface area contributed by atoms with Gasteiger partial charge in [0.05, 0.1) is 25.7 Å². The van der Waals surface area contributed by atoms with Crippen LogP contribution in [0.2, 0.25) is 0 Å².